The van der Waals surface area contributed by atoms with E-state index in [-0.39, 0.29) is 31.2 Å². The molecule has 4 heterocycles. The Hall–Kier alpha value is -2.40. The van der Waals surface area contributed by atoms with Crippen LogP contribution in [0.1, 0.15) is 69.4 Å². The van der Waals surface area contributed by atoms with Crippen molar-refractivity contribution in [2.24, 2.45) is 5.92 Å². The smallest absolute Gasteiger partial charge is 0.254 e. The fraction of sp³-hybridized carbons (Fsp3) is 0.692. The number of amides is 3. The minimum absolute atomic E-state index is 0.0223. The summed E-state index contributed by atoms with van der Waals surface area (Å²) in [5, 5.41) is 13.9. The normalized spacial score (nSPS) is 22.9. The van der Waals surface area contributed by atoms with Crippen molar-refractivity contribution >= 4 is 17.7 Å². The van der Waals surface area contributed by atoms with Gasteiger partial charge in [0.05, 0.1) is 6.54 Å². The van der Waals surface area contributed by atoms with Crippen LogP contribution in [-0.2, 0) is 19.2 Å². The molecule has 0 aliphatic carbocycles. The molecule has 0 radical (unpaired) electrons. The van der Waals surface area contributed by atoms with E-state index in [1.165, 1.54) is 18.4 Å². The van der Waals surface area contributed by atoms with Crippen LogP contribution in [0, 0.1) is 5.92 Å². The highest BCUT2D eigenvalue weighted by Gasteiger charge is 2.33. The van der Waals surface area contributed by atoms with E-state index < -0.39 is 18.1 Å². The van der Waals surface area contributed by atoms with Gasteiger partial charge in [-0.05, 0) is 76.3 Å². The van der Waals surface area contributed by atoms with Gasteiger partial charge < -0.3 is 10.4 Å². The maximum Gasteiger partial charge on any atom is 0.254 e. The lowest BCUT2D eigenvalue weighted by atomic mass is 9.96. The Bertz CT molecular complexity index is 861. The number of hydrogen-bond donors (Lipinski definition) is 2. The summed E-state index contributed by atoms with van der Waals surface area (Å²) >= 11 is 0. The van der Waals surface area contributed by atoms with Crippen LogP contribution < -0.4 is 5.32 Å². The molecule has 3 aliphatic rings. The quantitative estimate of drug-likeness (QED) is 0.252. The lowest BCUT2D eigenvalue weighted by Gasteiger charge is -2.32. The molecule has 0 bridgehead atoms. The summed E-state index contributed by atoms with van der Waals surface area (Å²) in [6, 6.07) is 4.67. The number of piperidine rings is 1. The minimum Gasteiger partial charge on any atom is -0.365 e. The maximum absolute atomic E-state index is 12.6. The standard InChI is InChI=1S/C26H39N5O5/c32-23-8-9-24(33)31(23)36-25(34)19-29-16-10-20(11-17-29)26(35)28-13-2-1-3-14-30-15-5-7-22(30)21-6-4-12-27-18-21/h4,6,12,18,20,22,25,34H,1-3,5,7-11,13-17,19H2,(H,28,35)/t22-,25?/m0/s1. The van der Waals surface area contributed by atoms with E-state index in [1.807, 2.05) is 23.4 Å². The molecule has 0 saturated carbocycles. The van der Waals surface area contributed by atoms with E-state index >= 15 is 0 Å². The van der Waals surface area contributed by atoms with Crippen LogP contribution in [0.15, 0.2) is 24.5 Å². The number of aliphatic hydroxyl groups excluding tert-OH is 1. The summed E-state index contributed by atoms with van der Waals surface area (Å²) in [5.41, 5.74) is 1.31. The van der Waals surface area contributed by atoms with E-state index in [9.17, 15) is 19.5 Å². The second-order valence-electron chi connectivity index (χ2n) is 10.0. The first-order chi connectivity index (χ1) is 17.5. The molecule has 10 heteroatoms. The number of unbranched alkanes of at least 4 members (excludes halogenated alkanes) is 2. The Morgan fingerprint density at radius 2 is 1.89 bits per heavy atom. The van der Waals surface area contributed by atoms with Gasteiger partial charge in [-0.2, -0.15) is 5.06 Å². The first-order valence-corrected chi connectivity index (χ1v) is 13.4. The van der Waals surface area contributed by atoms with E-state index in [2.05, 4.69) is 21.3 Å². The first-order valence-electron chi connectivity index (χ1n) is 13.4. The number of hydrogen-bond acceptors (Lipinski definition) is 8. The Morgan fingerprint density at radius 3 is 2.61 bits per heavy atom. The molecule has 3 aliphatic heterocycles. The van der Waals surface area contributed by atoms with Gasteiger partial charge in [-0.3, -0.25) is 29.2 Å². The average molecular weight is 502 g/mol. The zero-order valence-corrected chi connectivity index (χ0v) is 21.0. The number of carbonyl (C=O) groups excluding carboxylic acids is 3. The highest BCUT2D eigenvalue weighted by atomic mass is 16.8. The lowest BCUT2D eigenvalue weighted by molar-refractivity contribution is -0.248. The molecule has 0 spiro atoms. The van der Waals surface area contributed by atoms with Crippen molar-refractivity contribution in [3.8, 4) is 0 Å². The van der Waals surface area contributed by atoms with Crippen LogP contribution in [0.2, 0.25) is 0 Å². The van der Waals surface area contributed by atoms with Crippen molar-refractivity contribution in [2.75, 3.05) is 39.3 Å². The van der Waals surface area contributed by atoms with Crippen molar-refractivity contribution in [3.05, 3.63) is 30.1 Å². The molecule has 2 atom stereocenters. The van der Waals surface area contributed by atoms with Gasteiger partial charge in [0.15, 0.2) is 6.29 Å². The first kappa shape index (κ1) is 26.7. The number of pyridine rings is 1. The number of carbonyl (C=O) groups is 3. The number of likely N-dealkylation sites (tertiary alicyclic amines) is 2. The molecule has 3 fully saturated rings. The van der Waals surface area contributed by atoms with Gasteiger partial charge >= 0.3 is 0 Å². The molecule has 1 aromatic rings. The van der Waals surface area contributed by atoms with Gasteiger partial charge in [-0.15, -0.1) is 0 Å². The SMILES string of the molecule is O=C(NCCCCCN1CCC[C@H]1c1cccnc1)C1CCN(CC(O)ON2C(=O)CCC2=O)CC1. The molecule has 4 rings (SSSR count). The molecule has 3 saturated heterocycles. The summed E-state index contributed by atoms with van der Waals surface area (Å²) in [6.45, 7) is 4.45. The van der Waals surface area contributed by atoms with Gasteiger partial charge in [0.25, 0.3) is 11.8 Å². The Morgan fingerprint density at radius 1 is 1.11 bits per heavy atom. The van der Waals surface area contributed by atoms with Gasteiger partial charge in [0.1, 0.15) is 0 Å². The van der Waals surface area contributed by atoms with Crippen molar-refractivity contribution in [1.82, 2.24) is 25.2 Å². The summed E-state index contributed by atoms with van der Waals surface area (Å²) in [5.74, 6) is -0.749. The number of rotatable bonds is 12. The molecule has 198 valence electrons. The van der Waals surface area contributed by atoms with Crippen molar-refractivity contribution in [1.29, 1.82) is 0 Å². The molecular weight excluding hydrogens is 462 g/mol. The molecular formula is C26H39N5O5. The maximum atomic E-state index is 12.6. The third kappa shape index (κ3) is 7.32. The fourth-order valence-electron chi connectivity index (χ4n) is 5.44. The molecule has 36 heavy (non-hydrogen) atoms. The molecule has 0 aromatic carbocycles. The topological polar surface area (TPSA) is 115 Å². The molecule has 3 amide bonds. The van der Waals surface area contributed by atoms with Crippen LogP contribution in [0.25, 0.3) is 0 Å². The largest absolute Gasteiger partial charge is 0.365 e. The number of nitrogens with zero attached hydrogens (tertiary/aromatic N) is 4. The second-order valence-corrected chi connectivity index (χ2v) is 10.0. The van der Waals surface area contributed by atoms with Crippen LogP contribution in [0.4, 0.5) is 0 Å². The molecule has 1 unspecified atom stereocenters. The molecule has 2 N–H and O–H groups in total. The predicted octanol–water partition coefficient (Wildman–Crippen LogP) is 1.62. The van der Waals surface area contributed by atoms with Crippen molar-refractivity contribution in [2.45, 2.75) is 70.1 Å². The van der Waals surface area contributed by atoms with Crippen LogP contribution >= 0.6 is 0 Å². The predicted molar refractivity (Wildman–Crippen MR) is 132 cm³/mol. The minimum atomic E-state index is -1.25. The average Bonchev–Trinajstić information content (AvgIpc) is 3.49. The van der Waals surface area contributed by atoms with Gasteiger partial charge in [0.2, 0.25) is 5.91 Å². The Kier molecular flexibility index (Phi) is 9.80. The van der Waals surface area contributed by atoms with Gasteiger partial charge in [-0.25, -0.2) is 4.84 Å². The zero-order valence-electron chi connectivity index (χ0n) is 21.0. The highest BCUT2D eigenvalue weighted by Crippen LogP contribution is 2.31. The third-order valence-corrected chi connectivity index (χ3v) is 7.46. The number of imide groups is 1. The summed E-state index contributed by atoms with van der Waals surface area (Å²) in [6.07, 6.45) is 9.86. The second kappa shape index (κ2) is 13.2. The van der Waals surface area contributed by atoms with Gasteiger partial charge in [-0.1, -0.05) is 12.5 Å². The van der Waals surface area contributed by atoms with Crippen molar-refractivity contribution < 1.29 is 24.3 Å². The van der Waals surface area contributed by atoms with Crippen LogP contribution in [0.3, 0.4) is 0 Å². The number of nitrogens with one attached hydrogen (secondary N) is 1. The fourth-order valence-corrected chi connectivity index (χ4v) is 5.44. The number of aromatic nitrogens is 1. The van der Waals surface area contributed by atoms with Crippen LogP contribution in [-0.4, -0.2) is 88.2 Å². The third-order valence-electron chi connectivity index (χ3n) is 7.46. The Balaban J connectivity index is 1.05. The summed E-state index contributed by atoms with van der Waals surface area (Å²) in [7, 11) is 0. The highest BCUT2D eigenvalue weighted by molar-refractivity contribution is 6.00. The van der Waals surface area contributed by atoms with Crippen LogP contribution in [0.5, 0.6) is 0 Å². The number of aliphatic hydroxyl groups is 1. The zero-order chi connectivity index (χ0) is 25.3. The Labute approximate surface area is 212 Å². The van der Waals surface area contributed by atoms with Gasteiger partial charge in [0, 0.05) is 43.7 Å². The molecule has 1 aromatic heterocycles. The monoisotopic (exact) mass is 501 g/mol. The van der Waals surface area contributed by atoms with E-state index in [1.54, 1.807) is 0 Å². The van der Waals surface area contributed by atoms with E-state index in [0.717, 1.165) is 32.4 Å². The number of β-amino-alcohol motifs (C(OH)–C–C–N with tert-alkyl or cyclic N) is 1. The van der Waals surface area contributed by atoms with E-state index in [4.69, 9.17) is 4.84 Å². The van der Waals surface area contributed by atoms with E-state index in [0.29, 0.717) is 43.6 Å². The summed E-state index contributed by atoms with van der Waals surface area (Å²) < 4.78 is 0. The number of hydroxylamine groups is 2. The summed E-state index contributed by atoms with van der Waals surface area (Å²) in [4.78, 5) is 49.7. The van der Waals surface area contributed by atoms with Crippen molar-refractivity contribution in [3.63, 3.8) is 0 Å². The lowest BCUT2D eigenvalue weighted by Crippen LogP contribution is -2.45. The molecule has 10 nitrogen and oxygen atoms in total.